The Morgan fingerprint density at radius 3 is 2.70 bits per heavy atom. The molecule has 0 bridgehead atoms. The molecule has 2 heterocycles. The SMILES string of the molecule is O=C(CNS(=O)(=O)c1ncccc1F)N1CCCCC1. The van der Waals surface area contributed by atoms with E-state index in [0.29, 0.717) is 13.1 Å². The molecule has 1 amide bonds. The number of nitrogens with zero attached hydrogens (tertiary/aromatic N) is 2. The van der Waals surface area contributed by atoms with E-state index < -0.39 is 20.9 Å². The van der Waals surface area contributed by atoms with E-state index >= 15 is 0 Å². The first-order valence-electron chi connectivity index (χ1n) is 6.39. The number of amides is 1. The van der Waals surface area contributed by atoms with Crippen molar-refractivity contribution in [2.45, 2.75) is 24.3 Å². The third-order valence-electron chi connectivity index (χ3n) is 3.10. The molecule has 0 saturated carbocycles. The van der Waals surface area contributed by atoms with Crippen molar-refractivity contribution in [3.05, 3.63) is 24.1 Å². The number of sulfonamides is 1. The minimum absolute atomic E-state index is 0.301. The molecule has 1 fully saturated rings. The van der Waals surface area contributed by atoms with Crippen molar-refractivity contribution >= 4 is 15.9 Å². The standard InChI is InChI=1S/C12H16FN3O3S/c13-10-5-4-6-14-12(10)20(18,19)15-9-11(17)16-7-2-1-3-8-16/h4-6,15H,1-3,7-9H2. The van der Waals surface area contributed by atoms with Gasteiger partial charge in [-0.3, -0.25) is 4.79 Å². The van der Waals surface area contributed by atoms with Crippen molar-refractivity contribution in [1.29, 1.82) is 0 Å². The van der Waals surface area contributed by atoms with Crippen molar-refractivity contribution in [2.24, 2.45) is 0 Å². The average molecular weight is 301 g/mol. The number of hydrogen-bond acceptors (Lipinski definition) is 4. The monoisotopic (exact) mass is 301 g/mol. The number of rotatable bonds is 4. The molecule has 2 rings (SSSR count). The van der Waals surface area contributed by atoms with Crippen LogP contribution >= 0.6 is 0 Å². The fourth-order valence-corrected chi connectivity index (χ4v) is 3.02. The van der Waals surface area contributed by atoms with Crippen molar-refractivity contribution in [1.82, 2.24) is 14.6 Å². The number of carbonyl (C=O) groups excluding carboxylic acids is 1. The Morgan fingerprint density at radius 1 is 1.35 bits per heavy atom. The smallest absolute Gasteiger partial charge is 0.261 e. The summed E-state index contributed by atoms with van der Waals surface area (Å²) in [5, 5.41) is -0.688. The normalized spacial score (nSPS) is 16.1. The van der Waals surface area contributed by atoms with Crippen molar-refractivity contribution in [2.75, 3.05) is 19.6 Å². The zero-order chi connectivity index (χ0) is 14.6. The van der Waals surface area contributed by atoms with Gasteiger partial charge in [-0.25, -0.2) is 22.5 Å². The zero-order valence-corrected chi connectivity index (χ0v) is 11.7. The first-order chi connectivity index (χ1) is 9.50. The van der Waals surface area contributed by atoms with Crippen LogP contribution in [0.3, 0.4) is 0 Å². The molecule has 1 saturated heterocycles. The average Bonchev–Trinajstić information content (AvgIpc) is 2.46. The van der Waals surface area contributed by atoms with Crippen LogP contribution < -0.4 is 4.72 Å². The lowest BCUT2D eigenvalue weighted by atomic mass is 10.1. The summed E-state index contributed by atoms with van der Waals surface area (Å²) >= 11 is 0. The molecule has 20 heavy (non-hydrogen) atoms. The van der Waals surface area contributed by atoms with Crippen molar-refractivity contribution in [3.8, 4) is 0 Å². The predicted molar refractivity (Wildman–Crippen MR) is 69.8 cm³/mol. The minimum atomic E-state index is -4.11. The first kappa shape index (κ1) is 14.9. The Labute approximate surface area is 117 Å². The molecule has 0 aromatic carbocycles. The highest BCUT2D eigenvalue weighted by atomic mass is 32.2. The minimum Gasteiger partial charge on any atom is -0.342 e. The predicted octanol–water partition coefficient (Wildman–Crippen LogP) is 0.512. The summed E-state index contributed by atoms with van der Waals surface area (Å²) in [5.41, 5.74) is 0. The van der Waals surface area contributed by atoms with E-state index in [-0.39, 0.29) is 12.5 Å². The summed E-state index contributed by atoms with van der Waals surface area (Å²) in [6, 6.07) is 2.31. The third kappa shape index (κ3) is 3.51. The van der Waals surface area contributed by atoms with Crippen LogP contribution in [0.25, 0.3) is 0 Å². The molecule has 1 aromatic rings. The van der Waals surface area contributed by atoms with Crippen LogP contribution in [0.2, 0.25) is 0 Å². The Hall–Kier alpha value is -1.54. The van der Waals surface area contributed by atoms with E-state index in [4.69, 9.17) is 0 Å². The summed E-state index contributed by atoms with van der Waals surface area (Å²) in [6.45, 7) is 0.898. The van der Waals surface area contributed by atoms with Crippen LogP contribution in [0.5, 0.6) is 0 Å². The molecule has 8 heteroatoms. The zero-order valence-electron chi connectivity index (χ0n) is 10.9. The van der Waals surface area contributed by atoms with Gasteiger partial charge >= 0.3 is 0 Å². The Bertz CT molecular complexity index is 585. The molecule has 1 aromatic heterocycles. The van der Waals surface area contributed by atoms with E-state index in [1.54, 1.807) is 4.90 Å². The highest BCUT2D eigenvalue weighted by molar-refractivity contribution is 7.89. The van der Waals surface area contributed by atoms with Crippen molar-refractivity contribution < 1.29 is 17.6 Å². The quantitative estimate of drug-likeness (QED) is 0.879. The number of likely N-dealkylation sites (tertiary alicyclic amines) is 1. The maximum Gasteiger partial charge on any atom is 0.261 e. The number of aromatic nitrogens is 1. The van der Waals surface area contributed by atoms with Gasteiger partial charge in [-0.1, -0.05) is 0 Å². The van der Waals surface area contributed by atoms with E-state index in [2.05, 4.69) is 9.71 Å². The van der Waals surface area contributed by atoms with Crippen LogP contribution in [0, 0.1) is 5.82 Å². The number of halogens is 1. The maximum atomic E-state index is 13.4. The molecule has 1 aliphatic heterocycles. The van der Waals surface area contributed by atoms with Gasteiger partial charge in [-0.15, -0.1) is 0 Å². The van der Waals surface area contributed by atoms with Gasteiger partial charge in [0.05, 0.1) is 6.54 Å². The van der Waals surface area contributed by atoms with Crippen LogP contribution in [-0.4, -0.2) is 43.8 Å². The molecular formula is C12H16FN3O3S. The molecule has 0 radical (unpaired) electrons. The second-order valence-electron chi connectivity index (χ2n) is 4.56. The topological polar surface area (TPSA) is 79.4 Å². The number of piperidine rings is 1. The van der Waals surface area contributed by atoms with E-state index in [1.807, 2.05) is 0 Å². The molecule has 0 aliphatic carbocycles. The van der Waals surface area contributed by atoms with E-state index in [0.717, 1.165) is 25.3 Å². The Balaban J connectivity index is 1.99. The summed E-state index contributed by atoms with van der Waals surface area (Å²) < 4.78 is 39.2. The highest BCUT2D eigenvalue weighted by Gasteiger charge is 2.23. The summed E-state index contributed by atoms with van der Waals surface area (Å²) in [7, 11) is -4.11. The summed E-state index contributed by atoms with van der Waals surface area (Å²) in [5.74, 6) is -1.24. The molecule has 6 nitrogen and oxygen atoms in total. The fraction of sp³-hybridized carbons (Fsp3) is 0.500. The second kappa shape index (κ2) is 6.27. The van der Waals surface area contributed by atoms with Crippen molar-refractivity contribution in [3.63, 3.8) is 0 Å². The molecule has 0 atom stereocenters. The van der Waals surface area contributed by atoms with E-state index in [1.165, 1.54) is 12.3 Å². The van der Waals surface area contributed by atoms with Gasteiger partial charge in [0.15, 0.2) is 5.82 Å². The number of hydrogen-bond donors (Lipinski definition) is 1. The molecule has 0 unspecified atom stereocenters. The highest BCUT2D eigenvalue weighted by Crippen LogP contribution is 2.11. The van der Waals surface area contributed by atoms with Crippen LogP contribution in [0.15, 0.2) is 23.4 Å². The number of pyridine rings is 1. The van der Waals surface area contributed by atoms with Crippen LogP contribution in [-0.2, 0) is 14.8 Å². The van der Waals surface area contributed by atoms with Gasteiger partial charge < -0.3 is 4.90 Å². The van der Waals surface area contributed by atoms with Gasteiger partial charge in [0, 0.05) is 19.3 Å². The number of nitrogens with one attached hydrogen (secondary N) is 1. The molecule has 1 aliphatic rings. The summed E-state index contributed by atoms with van der Waals surface area (Å²) in [6.07, 6.45) is 4.11. The fourth-order valence-electron chi connectivity index (χ4n) is 2.05. The molecular weight excluding hydrogens is 285 g/mol. The second-order valence-corrected chi connectivity index (χ2v) is 6.24. The number of carbonyl (C=O) groups is 1. The molecule has 110 valence electrons. The van der Waals surface area contributed by atoms with E-state index in [9.17, 15) is 17.6 Å². The van der Waals surface area contributed by atoms with Gasteiger partial charge in [0.25, 0.3) is 10.0 Å². The lowest BCUT2D eigenvalue weighted by Crippen LogP contribution is -2.42. The Kier molecular flexibility index (Phi) is 4.66. The largest absolute Gasteiger partial charge is 0.342 e. The lowest BCUT2D eigenvalue weighted by molar-refractivity contribution is -0.130. The van der Waals surface area contributed by atoms with Gasteiger partial charge in [-0.05, 0) is 31.4 Å². The molecule has 0 spiro atoms. The molecule has 1 N–H and O–H groups in total. The van der Waals surface area contributed by atoms with Gasteiger partial charge in [-0.2, -0.15) is 0 Å². The van der Waals surface area contributed by atoms with Gasteiger partial charge in [0.1, 0.15) is 0 Å². The summed E-state index contributed by atoms with van der Waals surface area (Å²) in [4.78, 5) is 16.9. The Morgan fingerprint density at radius 2 is 2.05 bits per heavy atom. The third-order valence-corrected chi connectivity index (χ3v) is 4.44. The van der Waals surface area contributed by atoms with Crippen LogP contribution in [0.4, 0.5) is 4.39 Å². The van der Waals surface area contributed by atoms with Crippen LogP contribution in [0.1, 0.15) is 19.3 Å². The van der Waals surface area contributed by atoms with Gasteiger partial charge in [0.2, 0.25) is 10.9 Å². The maximum absolute atomic E-state index is 13.4. The lowest BCUT2D eigenvalue weighted by Gasteiger charge is -2.26. The first-order valence-corrected chi connectivity index (χ1v) is 7.87.